The Bertz CT molecular complexity index is 1150. The van der Waals surface area contributed by atoms with Crippen LogP contribution in [-0.2, 0) is 0 Å². The number of nitrogens with zero attached hydrogens (tertiary/aromatic N) is 3. The molecule has 0 aliphatic heterocycles. The number of hydrogen-bond donors (Lipinski definition) is 2. The molecule has 0 aliphatic carbocycles. The molecule has 2 heterocycles. The Morgan fingerprint density at radius 2 is 1.69 bits per heavy atom. The molecule has 0 radical (unpaired) electrons. The zero-order valence-electron chi connectivity index (χ0n) is 16.2. The summed E-state index contributed by atoms with van der Waals surface area (Å²) in [4.78, 5) is 4.62. The second-order valence-corrected chi connectivity index (χ2v) is 6.22. The third-order valence-corrected chi connectivity index (χ3v) is 4.44. The quantitative estimate of drug-likeness (QED) is 0.515. The van der Waals surface area contributed by atoms with Gasteiger partial charge in [0.2, 0.25) is 5.75 Å². The first kappa shape index (κ1) is 18.4. The minimum Gasteiger partial charge on any atom is -0.508 e. The molecule has 0 amide bonds. The van der Waals surface area contributed by atoms with Gasteiger partial charge in [-0.1, -0.05) is 12.1 Å². The highest BCUT2D eigenvalue weighted by Gasteiger charge is 2.15. The number of aromatic nitrogens is 3. The zero-order chi connectivity index (χ0) is 20.4. The van der Waals surface area contributed by atoms with Crippen LogP contribution in [0.1, 0.15) is 0 Å². The van der Waals surface area contributed by atoms with Crippen molar-refractivity contribution >= 4 is 17.2 Å². The molecule has 0 saturated carbocycles. The highest BCUT2D eigenvalue weighted by Crippen LogP contribution is 2.40. The molecule has 0 aliphatic rings. The molecule has 2 N–H and O–H groups in total. The fraction of sp³-hybridized carbons (Fsp3) is 0.143. The van der Waals surface area contributed by atoms with Crippen molar-refractivity contribution in [1.29, 1.82) is 0 Å². The number of anilines is 2. The molecule has 4 aromatic rings. The van der Waals surface area contributed by atoms with E-state index in [1.54, 1.807) is 50.2 Å². The minimum absolute atomic E-state index is 0.178. The normalized spacial score (nSPS) is 10.7. The predicted molar refractivity (Wildman–Crippen MR) is 109 cm³/mol. The average Bonchev–Trinajstić information content (AvgIpc) is 3.22. The molecule has 2 aromatic heterocycles. The molecule has 8 nitrogen and oxygen atoms in total. The van der Waals surface area contributed by atoms with Crippen LogP contribution in [0.4, 0.5) is 11.5 Å². The van der Waals surface area contributed by atoms with Crippen LogP contribution in [0.2, 0.25) is 0 Å². The van der Waals surface area contributed by atoms with Crippen molar-refractivity contribution in [1.82, 2.24) is 14.6 Å². The van der Waals surface area contributed by atoms with Crippen LogP contribution < -0.4 is 19.5 Å². The smallest absolute Gasteiger partial charge is 0.203 e. The summed E-state index contributed by atoms with van der Waals surface area (Å²) < 4.78 is 17.9. The van der Waals surface area contributed by atoms with Crippen molar-refractivity contribution in [3.63, 3.8) is 0 Å². The van der Waals surface area contributed by atoms with Crippen LogP contribution in [0.15, 0.2) is 54.7 Å². The number of aromatic hydroxyl groups is 1. The van der Waals surface area contributed by atoms with E-state index in [1.807, 2.05) is 30.3 Å². The molecule has 29 heavy (non-hydrogen) atoms. The van der Waals surface area contributed by atoms with Crippen molar-refractivity contribution in [2.24, 2.45) is 0 Å². The van der Waals surface area contributed by atoms with E-state index in [4.69, 9.17) is 14.2 Å². The molecular weight excluding hydrogens is 372 g/mol. The lowest BCUT2D eigenvalue weighted by molar-refractivity contribution is 0.324. The largest absolute Gasteiger partial charge is 0.508 e. The van der Waals surface area contributed by atoms with Crippen molar-refractivity contribution < 1.29 is 19.3 Å². The maximum Gasteiger partial charge on any atom is 0.203 e. The molecule has 8 heteroatoms. The van der Waals surface area contributed by atoms with Gasteiger partial charge in [-0.25, -0.2) is 4.98 Å². The molecule has 0 saturated heterocycles. The van der Waals surface area contributed by atoms with Gasteiger partial charge in [0.25, 0.3) is 0 Å². The SMILES string of the molecule is COc1cc(Nc2cc(-c3cccc(O)c3)nc3ccnn23)cc(OC)c1OC. The number of ether oxygens (including phenoxy) is 3. The molecule has 4 rings (SSSR count). The number of phenols is 1. The average molecular weight is 392 g/mol. The molecule has 0 spiro atoms. The molecule has 0 unspecified atom stereocenters. The fourth-order valence-corrected chi connectivity index (χ4v) is 3.12. The van der Waals surface area contributed by atoms with Gasteiger partial charge in [0.1, 0.15) is 11.6 Å². The molecule has 148 valence electrons. The van der Waals surface area contributed by atoms with E-state index in [1.165, 1.54) is 0 Å². The third-order valence-electron chi connectivity index (χ3n) is 4.44. The van der Waals surface area contributed by atoms with E-state index in [9.17, 15) is 5.11 Å². The molecule has 0 fully saturated rings. The van der Waals surface area contributed by atoms with Crippen molar-refractivity contribution in [2.75, 3.05) is 26.6 Å². The van der Waals surface area contributed by atoms with Gasteiger partial charge >= 0.3 is 0 Å². The Kier molecular flexibility index (Phi) is 4.82. The summed E-state index contributed by atoms with van der Waals surface area (Å²) in [6.45, 7) is 0. The van der Waals surface area contributed by atoms with E-state index in [0.717, 1.165) is 11.3 Å². The number of methoxy groups -OCH3 is 3. The number of rotatable bonds is 6. The summed E-state index contributed by atoms with van der Waals surface area (Å²) in [7, 11) is 4.70. The first-order valence-corrected chi connectivity index (χ1v) is 8.84. The first-order valence-electron chi connectivity index (χ1n) is 8.84. The number of phenolic OH excluding ortho intramolecular Hbond substituents is 1. The second-order valence-electron chi connectivity index (χ2n) is 6.22. The number of fused-ring (bicyclic) bond motifs is 1. The van der Waals surface area contributed by atoms with Gasteiger partial charge in [0.05, 0.1) is 33.2 Å². The summed E-state index contributed by atoms with van der Waals surface area (Å²) in [5.74, 6) is 2.45. The maximum atomic E-state index is 9.82. The summed E-state index contributed by atoms with van der Waals surface area (Å²) >= 11 is 0. The Balaban J connectivity index is 1.81. The molecule has 0 atom stereocenters. The standard InChI is InChI=1S/C21H20N4O4/c1-27-17-10-14(11-18(28-2)21(17)29-3)23-20-12-16(13-5-4-6-15(26)9-13)24-19-7-8-22-25(19)20/h4-12,23,26H,1-3H3. The van der Waals surface area contributed by atoms with Gasteiger partial charge in [0.15, 0.2) is 17.1 Å². The van der Waals surface area contributed by atoms with Gasteiger partial charge < -0.3 is 24.6 Å². The van der Waals surface area contributed by atoms with Gasteiger partial charge in [-0.2, -0.15) is 9.61 Å². The number of hydrogen-bond acceptors (Lipinski definition) is 7. The third kappa shape index (κ3) is 3.47. The zero-order valence-corrected chi connectivity index (χ0v) is 16.2. The lowest BCUT2D eigenvalue weighted by Crippen LogP contribution is -2.03. The maximum absolute atomic E-state index is 9.82. The fourth-order valence-electron chi connectivity index (χ4n) is 3.12. The van der Waals surface area contributed by atoms with Crippen LogP contribution in [0.5, 0.6) is 23.0 Å². The van der Waals surface area contributed by atoms with E-state index in [0.29, 0.717) is 34.4 Å². The first-order chi connectivity index (χ1) is 14.1. The Hall–Kier alpha value is -3.94. The highest BCUT2D eigenvalue weighted by atomic mass is 16.5. The van der Waals surface area contributed by atoms with Gasteiger partial charge in [-0.3, -0.25) is 0 Å². The number of nitrogens with one attached hydrogen (secondary N) is 1. The van der Waals surface area contributed by atoms with E-state index >= 15 is 0 Å². The van der Waals surface area contributed by atoms with E-state index in [-0.39, 0.29) is 5.75 Å². The summed E-state index contributed by atoms with van der Waals surface area (Å²) in [6.07, 6.45) is 1.68. The predicted octanol–water partition coefficient (Wildman–Crippen LogP) is 3.87. The highest BCUT2D eigenvalue weighted by molar-refractivity contribution is 5.72. The van der Waals surface area contributed by atoms with Crippen LogP contribution >= 0.6 is 0 Å². The van der Waals surface area contributed by atoms with E-state index in [2.05, 4.69) is 15.4 Å². The van der Waals surface area contributed by atoms with Gasteiger partial charge in [-0.05, 0) is 12.1 Å². The Labute approximate surface area is 167 Å². The van der Waals surface area contributed by atoms with Crippen LogP contribution in [0.3, 0.4) is 0 Å². The Morgan fingerprint density at radius 3 is 2.34 bits per heavy atom. The summed E-state index contributed by atoms with van der Waals surface area (Å²) in [5.41, 5.74) is 2.88. The molecular formula is C21H20N4O4. The van der Waals surface area contributed by atoms with Crippen LogP contribution in [-0.4, -0.2) is 41.0 Å². The van der Waals surface area contributed by atoms with Crippen molar-refractivity contribution in [3.8, 4) is 34.3 Å². The van der Waals surface area contributed by atoms with Gasteiger partial charge in [0, 0.05) is 35.5 Å². The minimum atomic E-state index is 0.178. The van der Waals surface area contributed by atoms with Crippen molar-refractivity contribution in [2.45, 2.75) is 0 Å². The monoisotopic (exact) mass is 392 g/mol. The van der Waals surface area contributed by atoms with Gasteiger partial charge in [-0.15, -0.1) is 0 Å². The summed E-state index contributed by atoms with van der Waals surface area (Å²) in [5, 5.41) is 17.5. The van der Waals surface area contributed by atoms with Crippen molar-refractivity contribution in [3.05, 3.63) is 54.7 Å². The topological polar surface area (TPSA) is 90.1 Å². The number of benzene rings is 2. The van der Waals surface area contributed by atoms with Crippen LogP contribution in [0, 0.1) is 0 Å². The van der Waals surface area contributed by atoms with E-state index < -0.39 is 0 Å². The van der Waals surface area contributed by atoms with Crippen LogP contribution in [0.25, 0.3) is 16.9 Å². The summed E-state index contributed by atoms with van der Waals surface area (Å²) in [6, 6.07) is 14.2. The Morgan fingerprint density at radius 1 is 0.931 bits per heavy atom. The molecule has 0 bridgehead atoms. The lowest BCUT2D eigenvalue weighted by atomic mass is 10.1. The second kappa shape index (κ2) is 7.59. The lowest BCUT2D eigenvalue weighted by Gasteiger charge is -2.16. The molecule has 2 aromatic carbocycles.